The fourth-order valence-electron chi connectivity index (χ4n) is 2.27. The molecular formula is C17H24N4O2S. The summed E-state index contributed by atoms with van der Waals surface area (Å²) in [7, 11) is 3.27. The minimum Gasteiger partial charge on any atom is -0.493 e. The molecule has 0 fully saturated rings. The second-order valence-corrected chi connectivity index (χ2v) is 5.66. The van der Waals surface area contributed by atoms with Gasteiger partial charge in [0, 0.05) is 31.4 Å². The van der Waals surface area contributed by atoms with Crippen molar-refractivity contribution in [1.29, 1.82) is 0 Å². The minimum absolute atomic E-state index is 0.639. The Hall–Kier alpha value is -2.28. The number of hydrogen-bond donors (Lipinski definition) is 2. The van der Waals surface area contributed by atoms with Crippen LogP contribution in [0.1, 0.15) is 18.1 Å². The number of thiocarbonyl (C=S) groups is 1. The first-order valence-electron chi connectivity index (χ1n) is 7.90. The van der Waals surface area contributed by atoms with E-state index in [1.54, 1.807) is 14.2 Å². The van der Waals surface area contributed by atoms with Crippen molar-refractivity contribution in [2.75, 3.05) is 20.8 Å². The van der Waals surface area contributed by atoms with Crippen molar-refractivity contribution in [3.8, 4) is 11.5 Å². The Morgan fingerprint density at radius 3 is 2.62 bits per heavy atom. The first-order chi connectivity index (χ1) is 11.7. The molecule has 0 radical (unpaired) electrons. The lowest BCUT2D eigenvalue weighted by atomic mass is 10.1. The average Bonchev–Trinajstić information content (AvgIpc) is 3.08. The summed E-state index contributed by atoms with van der Waals surface area (Å²) >= 11 is 5.30. The summed E-state index contributed by atoms with van der Waals surface area (Å²) < 4.78 is 12.4. The summed E-state index contributed by atoms with van der Waals surface area (Å²) in [6.07, 6.45) is 4.71. The van der Waals surface area contributed by atoms with E-state index in [0.717, 1.165) is 42.1 Å². The lowest BCUT2D eigenvalue weighted by Crippen LogP contribution is -2.35. The first-order valence-corrected chi connectivity index (χ1v) is 8.31. The highest BCUT2D eigenvalue weighted by Gasteiger charge is 2.05. The highest BCUT2D eigenvalue weighted by molar-refractivity contribution is 7.80. The van der Waals surface area contributed by atoms with Crippen LogP contribution in [0.2, 0.25) is 0 Å². The van der Waals surface area contributed by atoms with Crippen LogP contribution in [-0.4, -0.2) is 35.7 Å². The monoisotopic (exact) mass is 348 g/mol. The first kappa shape index (κ1) is 18.1. The number of nitrogens with one attached hydrogen (secondary N) is 2. The second-order valence-electron chi connectivity index (χ2n) is 5.25. The van der Waals surface area contributed by atoms with Gasteiger partial charge in [0.2, 0.25) is 0 Å². The van der Waals surface area contributed by atoms with E-state index < -0.39 is 0 Å². The number of methoxy groups -OCH3 is 2. The number of aromatic nitrogens is 2. The molecule has 6 nitrogen and oxygen atoms in total. The number of hydrogen-bond acceptors (Lipinski definition) is 4. The van der Waals surface area contributed by atoms with Crippen LogP contribution < -0.4 is 20.1 Å². The molecule has 24 heavy (non-hydrogen) atoms. The summed E-state index contributed by atoms with van der Waals surface area (Å²) in [6.45, 7) is 4.34. The van der Waals surface area contributed by atoms with E-state index in [-0.39, 0.29) is 0 Å². The lowest BCUT2D eigenvalue weighted by molar-refractivity contribution is 0.354. The molecular weight excluding hydrogens is 324 g/mol. The maximum atomic E-state index is 5.31. The zero-order chi connectivity index (χ0) is 17.4. The highest BCUT2D eigenvalue weighted by atomic mass is 32.1. The third-order valence-corrected chi connectivity index (χ3v) is 3.90. The molecule has 1 aromatic carbocycles. The van der Waals surface area contributed by atoms with Gasteiger partial charge in [-0.15, -0.1) is 0 Å². The Morgan fingerprint density at radius 2 is 1.96 bits per heavy atom. The van der Waals surface area contributed by atoms with Gasteiger partial charge in [-0.3, -0.25) is 4.68 Å². The Morgan fingerprint density at radius 1 is 1.17 bits per heavy atom. The van der Waals surface area contributed by atoms with E-state index in [1.165, 1.54) is 0 Å². The number of ether oxygens (including phenoxy) is 2. The molecule has 1 aromatic heterocycles. The molecule has 0 aliphatic rings. The van der Waals surface area contributed by atoms with Crippen LogP contribution in [-0.2, 0) is 19.5 Å². The summed E-state index contributed by atoms with van der Waals surface area (Å²) in [4.78, 5) is 0. The van der Waals surface area contributed by atoms with Crippen molar-refractivity contribution in [3.05, 3.63) is 41.7 Å². The normalized spacial score (nSPS) is 10.3. The number of rotatable bonds is 8. The maximum absolute atomic E-state index is 5.31. The van der Waals surface area contributed by atoms with Crippen LogP contribution in [0.15, 0.2) is 30.6 Å². The van der Waals surface area contributed by atoms with E-state index in [4.69, 9.17) is 21.7 Å². The van der Waals surface area contributed by atoms with E-state index >= 15 is 0 Å². The molecule has 0 unspecified atom stereocenters. The standard InChI is InChI=1S/C17H24N4O2S/c1-4-21-12-14(11-20-21)10-19-17(24)18-8-7-13-5-6-15(22-2)16(9-13)23-3/h5-6,9,11-12H,4,7-8,10H2,1-3H3,(H2,18,19,24). The molecule has 130 valence electrons. The average molecular weight is 348 g/mol. The fourth-order valence-corrected chi connectivity index (χ4v) is 2.45. The molecule has 2 rings (SSSR count). The van der Waals surface area contributed by atoms with Gasteiger partial charge in [-0.2, -0.15) is 5.10 Å². The Bertz CT molecular complexity index is 672. The zero-order valence-corrected chi connectivity index (χ0v) is 15.2. The number of aryl methyl sites for hydroxylation is 1. The molecule has 0 bridgehead atoms. The predicted octanol–water partition coefficient (Wildman–Crippen LogP) is 2.13. The highest BCUT2D eigenvalue weighted by Crippen LogP contribution is 2.27. The molecule has 0 saturated carbocycles. The van der Waals surface area contributed by atoms with E-state index in [2.05, 4.69) is 22.7 Å². The SMILES string of the molecule is CCn1cc(CNC(=S)NCCc2ccc(OC)c(OC)c2)cn1. The third-order valence-electron chi connectivity index (χ3n) is 3.61. The predicted molar refractivity (Wildman–Crippen MR) is 98.6 cm³/mol. The number of nitrogens with zero attached hydrogens (tertiary/aromatic N) is 2. The second kappa shape index (κ2) is 9.12. The fraction of sp³-hybridized carbons (Fsp3) is 0.412. The minimum atomic E-state index is 0.639. The molecule has 2 aromatic rings. The molecule has 0 aliphatic heterocycles. The zero-order valence-electron chi connectivity index (χ0n) is 14.3. The van der Waals surface area contributed by atoms with Crippen molar-refractivity contribution in [2.45, 2.75) is 26.4 Å². The van der Waals surface area contributed by atoms with Gasteiger partial charge in [0.05, 0.1) is 20.4 Å². The molecule has 7 heteroatoms. The third kappa shape index (κ3) is 5.13. The van der Waals surface area contributed by atoms with E-state index in [0.29, 0.717) is 11.7 Å². The molecule has 0 amide bonds. The van der Waals surface area contributed by atoms with Gasteiger partial charge in [-0.1, -0.05) is 6.07 Å². The quantitative estimate of drug-likeness (QED) is 0.713. The van der Waals surface area contributed by atoms with Crippen LogP contribution in [0.25, 0.3) is 0 Å². The van der Waals surface area contributed by atoms with Crippen molar-refractivity contribution in [1.82, 2.24) is 20.4 Å². The summed E-state index contributed by atoms with van der Waals surface area (Å²) in [5, 5.41) is 11.3. The van der Waals surface area contributed by atoms with Gasteiger partial charge in [0.25, 0.3) is 0 Å². The molecule has 1 heterocycles. The Labute approximate surface area is 148 Å². The Balaban J connectivity index is 1.74. The van der Waals surface area contributed by atoms with Crippen LogP contribution in [0.4, 0.5) is 0 Å². The molecule has 0 aliphatic carbocycles. The maximum Gasteiger partial charge on any atom is 0.166 e. The van der Waals surface area contributed by atoms with Gasteiger partial charge in [0.1, 0.15) is 0 Å². The van der Waals surface area contributed by atoms with E-state index in [1.807, 2.05) is 35.3 Å². The lowest BCUT2D eigenvalue weighted by Gasteiger charge is -2.11. The van der Waals surface area contributed by atoms with Crippen molar-refractivity contribution in [2.24, 2.45) is 0 Å². The smallest absolute Gasteiger partial charge is 0.166 e. The van der Waals surface area contributed by atoms with Gasteiger partial charge in [0.15, 0.2) is 16.6 Å². The van der Waals surface area contributed by atoms with Crippen LogP contribution in [0.5, 0.6) is 11.5 Å². The van der Waals surface area contributed by atoms with E-state index in [9.17, 15) is 0 Å². The molecule has 0 saturated heterocycles. The van der Waals surface area contributed by atoms with Crippen molar-refractivity contribution < 1.29 is 9.47 Å². The van der Waals surface area contributed by atoms with Crippen LogP contribution in [0, 0.1) is 0 Å². The van der Waals surface area contributed by atoms with Crippen molar-refractivity contribution >= 4 is 17.3 Å². The van der Waals surface area contributed by atoms with Crippen molar-refractivity contribution in [3.63, 3.8) is 0 Å². The van der Waals surface area contributed by atoms with Gasteiger partial charge >= 0.3 is 0 Å². The summed E-state index contributed by atoms with van der Waals surface area (Å²) in [5.74, 6) is 1.47. The topological polar surface area (TPSA) is 60.3 Å². The van der Waals surface area contributed by atoms with Gasteiger partial charge in [-0.05, 0) is 43.3 Å². The number of benzene rings is 1. The molecule has 0 spiro atoms. The Kier molecular flexibility index (Phi) is 6.87. The summed E-state index contributed by atoms with van der Waals surface area (Å²) in [6, 6.07) is 5.92. The van der Waals surface area contributed by atoms with Crippen LogP contribution in [0.3, 0.4) is 0 Å². The van der Waals surface area contributed by atoms with Gasteiger partial charge < -0.3 is 20.1 Å². The molecule has 2 N–H and O–H groups in total. The summed E-state index contributed by atoms with van der Waals surface area (Å²) in [5.41, 5.74) is 2.27. The van der Waals surface area contributed by atoms with Gasteiger partial charge in [-0.25, -0.2) is 0 Å². The van der Waals surface area contributed by atoms with Crippen LogP contribution >= 0.6 is 12.2 Å². The molecule has 0 atom stereocenters. The largest absolute Gasteiger partial charge is 0.493 e.